The Kier molecular flexibility index (Phi) is 10.7. The topological polar surface area (TPSA) is 201 Å². The van der Waals surface area contributed by atoms with E-state index in [4.69, 9.17) is 0 Å². The predicted molar refractivity (Wildman–Crippen MR) is 204 cm³/mol. The lowest BCUT2D eigenvalue weighted by Crippen LogP contribution is -2.20. The van der Waals surface area contributed by atoms with Crippen LogP contribution in [0.2, 0.25) is 0 Å². The van der Waals surface area contributed by atoms with E-state index in [-0.39, 0.29) is 10.8 Å². The minimum absolute atomic E-state index is 0.158. The normalized spacial score (nSPS) is 10.4. The Morgan fingerprint density at radius 1 is 0.333 bits per heavy atom. The molecule has 0 amide bonds. The molecule has 12 nitrogen and oxygen atoms in total. The Balaban J connectivity index is 0.000000141. The van der Waals surface area contributed by atoms with Gasteiger partial charge in [0.2, 0.25) is 0 Å². The van der Waals surface area contributed by atoms with E-state index in [9.17, 15) is 39.6 Å². The fourth-order valence-electron chi connectivity index (χ4n) is 6.40. The lowest BCUT2D eigenvalue weighted by Gasteiger charge is -2.14. The van der Waals surface area contributed by atoms with E-state index < -0.39 is 46.1 Å². The highest BCUT2D eigenvalue weighted by Gasteiger charge is 2.33. The second-order valence-electron chi connectivity index (χ2n) is 11.5. The summed E-state index contributed by atoms with van der Waals surface area (Å²) in [7, 11) is 0. The van der Waals surface area contributed by atoms with E-state index in [1.54, 1.807) is 36.9 Å². The Bertz CT molecular complexity index is 2470. The zero-order valence-electron chi connectivity index (χ0n) is 28.1. The zero-order valence-corrected chi connectivity index (χ0v) is 28.1. The van der Waals surface area contributed by atoms with E-state index in [1.807, 2.05) is 0 Å². The molecule has 0 radical (unpaired) electrons. The number of fused-ring (bicyclic) bond motifs is 3. The van der Waals surface area contributed by atoms with Crippen molar-refractivity contribution in [1.82, 2.24) is 19.9 Å². The third kappa shape index (κ3) is 7.16. The van der Waals surface area contributed by atoms with Crippen LogP contribution in [-0.2, 0) is 0 Å². The van der Waals surface area contributed by atoms with E-state index in [1.165, 1.54) is 80.0 Å². The van der Waals surface area contributed by atoms with Crippen molar-refractivity contribution in [3.05, 3.63) is 169 Å². The van der Waals surface area contributed by atoms with Crippen LogP contribution in [0.3, 0.4) is 0 Å². The molecule has 264 valence electrons. The maximum Gasteiger partial charge on any atom is 0.337 e. The van der Waals surface area contributed by atoms with Gasteiger partial charge >= 0.3 is 23.9 Å². The molecule has 0 saturated heterocycles. The zero-order chi connectivity index (χ0) is 38.2. The number of hydrogen-bond donors (Lipinski definition) is 4. The van der Waals surface area contributed by atoms with Crippen LogP contribution in [0.25, 0.3) is 53.9 Å². The van der Waals surface area contributed by atoms with Crippen molar-refractivity contribution >= 4 is 77.7 Å². The summed E-state index contributed by atoms with van der Waals surface area (Å²) in [4.78, 5) is 60.2. The van der Waals surface area contributed by atoms with Crippen LogP contribution in [0.1, 0.15) is 41.4 Å². The molecule has 0 bridgehead atoms. The van der Waals surface area contributed by atoms with Gasteiger partial charge in [0.15, 0.2) is 0 Å². The van der Waals surface area contributed by atoms with Gasteiger partial charge in [-0.2, -0.15) is 0 Å². The molecular weight excluding hydrogens is 688 g/mol. The van der Waals surface area contributed by atoms with Crippen molar-refractivity contribution in [2.75, 3.05) is 0 Å². The van der Waals surface area contributed by atoms with E-state index in [0.717, 1.165) is 0 Å². The maximum atomic E-state index is 11.4. The number of aromatic carboxylic acids is 4. The van der Waals surface area contributed by atoms with Crippen molar-refractivity contribution in [1.29, 1.82) is 0 Å². The minimum Gasteiger partial charge on any atom is -0.478 e. The van der Waals surface area contributed by atoms with Crippen molar-refractivity contribution in [2.24, 2.45) is 0 Å². The summed E-state index contributed by atoms with van der Waals surface area (Å²) in [6.45, 7) is 0. The molecule has 12 heteroatoms. The van der Waals surface area contributed by atoms with Gasteiger partial charge in [-0.15, -0.1) is 0 Å². The molecule has 9 rings (SSSR count). The molecule has 0 aliphatic rings. The number of carbonyl (C=O) groups is 4. The number of carboxylic acids is 4. The summed E-state index contributed by atoms with van der Waals surface area (Å²) in [5.41, 5.74) is -3.64. The van der Waals surface area contributed by atoms with Crippen LogP contribution in [0.5, 0.6) is 0 Å². The number of nitrogens with zero attached hydrogens (tertiary/aromatic N) is 4. The Labute approximate surface area is 305 Å². The van der Waals surface area contributed by atoms with Crippen LogP contribution in [0.15, 0.2) is 147 Å². The molecule has 9 aromatic rings. The number of aromatic nitrogens is 4. The molecular formula is C42H28N4O8. The summed E-state index contributed by atoms with van der Waals surface area (Å²) in [5, 5.41) is 47.4. The first-order valence-electron chi connectivity index (χ1n) is 16.2. The molecule has 4 N–H and O–H groups in total. The Morgan fingerprint density at radius 3 is 0.833 bits per heavy atom. The highest BCUT2D eigenvalue weighted by molar-refractivity contribution is 6.32. The van der Waals surface area contributed by atoms with Gasteiger partial charge in [-0.25, -0.2) is 39.1 Å². The van der Waals surface area contributed by atoms with Gasteiger partial charge in [0, 0.05) is 24.8 Å². The molecule has 0 fully saturated rings. The summed E-state index contributed by atoms with van der Waals surface area (Å²) in [6.07, 6.45) is 9.75. The molecule has 54 heavy (non-hydrogen) atoms. The monoisotopic (exact) mass is 716 g/mol. The average molecular weight is 717 g/mol. The maximum absolute atomic E-state index is 11.4. The lowest BCUT2D eigenvalue weighted by molar-refractivity contribution is 0.0621. The predicted octanol–water partition coefficient (Wildman–Crippen LogP) is 8.32. The van der Waals surface area contributed by atoms with Gasteiger partial charge in [-0.3, -0.25) is 0 Å². The second kappa shape index (κ2) is 16.0. The highest BCUT2D eigenvalue weighted by Crippen LogP contribution is 2.39. The molecule has 0 atom stereocenters. The summed E-state index contributed by atoms with van der Waals surface area (Å²) in [6, 6.07) is 35.2. The first-order chi connectivity index (χ1) is 26.2. The lowest BCUT2D eigenvalue weighted by atomic mass is 9.88. The van der Waals surface area contributed by atoms with Gasteiger partial charge in [-0.05, 0) is 66.0 Å². The number of hydrogen-bond acceptors (Lipinski definition) is 8. The van der Waals surface area contributed by atoms with Crippen molar-refractivity contribution < 1.29 is 39.6 Å². The fraction of sp³-hybridized carbons (Fsp3) is 0. The SMILES string of the molecule is O=C(O)c1c(C(=O)O)c(C(=O)O)c2ccccc2c1C(=O)O.c1cc2cccc3c4cccc5cccc(c(c1)c23)c54.c1cncnc1.c1cncnc1. The van der Waals surface area contributed by atoms with Gasteiger partial charge in [-0.1, -0.05) is 97.1 Å². The second-order valence-corrected chi connectivity index (χ2v) is 11.5. The van der Waals surface area contributed by atoms with E-state index >= 15 is 0 Å². The van der Waals surface area contributed by atoms with Crippen molar-refractivity contribution in [2.45, 2.75) is 0 Å². The van der Waals surface area contributed by atoms with Crippen molar-refractivity contribution in [3.8, 4) is 0 Å². The quantitative estimate of drug-likeness (QED) is 0.100. The number of carboxylic acid groups (broad SMARTS) is 4. The van der Waals surface area contributed by atoms with Crippen LogP contribution in [0.4, 0.5) is 0 Å². The molecule has 0 saturated carbocycles. The summed E-state index contributed by atoms with van der Waals surface area (Å²) >= 11 is 0. The molecule has 0 aliphatic heterocycles. The smallest absolute Gasteiger partial charge is 0.337 e. The average Bonchev–Trinajstić information content (AvgIpc) is 3.20. The van der Waals surface area contributed by atoms with Crippen LogP contribution < -0.4 is 0 Å². The number of benzene rings is 7. The van der Waals surface area contributed by atoms with Crippen molar-refractivity contribution in [3.63, 3.8) is 0 Å². The van der Waals surface area contributed by atoms with Gasteiger partial charge in [0.05, 0.1) is 22.3 Å². The van der Waals surface area contributed by atoms with Gasteiger partial charge < -0.3 is 20.4 Å². The minimum atomic E-state index is -1.83. The molecule has 0 unspecified atom stereocenters. The Morgan fingerprint density at radius 2 is 0.611 bits per heavy atom. The third-order valence-electron chi connectivity index (χ3n) is 8.42. The van der Waals surface area contributed by atoms with Gasteiger partial charge in [0.1, 0.15) is 12.7 Å². The fourth-order valence-corrected chi connectivity index (χ4v) is 6.40. The Hall–Kier alpha value is -7.86. The van der Waals surface area contributed by atoms with E-state index in [0.29, 0.717) is 0 Å². The molecule has 2 heterocycles. The summed E-state index contributed by atoms with van der Waals surface area (Å²) < 4.78 is 0. The van der Waals surface area contributed by atoms with Gasteiger partial charge in [0.25, 0.3) is 0 Å². The third-order valence-corrected chi connectivity index (χ3v) is 8.42. The first kappa shape index (κ1) is 35.9. The number of rotatable bonds is 4. The van der Waals surface area contributed by atoms with Crippen LogP contribution in [0, 0.1) is 0 Å². The first-order valence-corrected chi connectivity index (χ1v) is 16.2. The largest absolute Gasteiger partial charge is 0.478 e. The molecule has 0 spiro atoms. The summed E-state index contributed by atoms with van der Waals surface area (Å²) in [5.74, 6) is -6.98. The molecule has 7 aromatic carbocycles. The van der Waals surface area contributed by atoms with E-state index in [2.05, 4.69) is 92.7 Å². The molecule has 2 aromatic heterocycles. The standard InChI is InChI=1S/C20H12.C14H8O8.2C4H4N2/c1-5-13-6-2-11-17-18-12-4-8-14-7-3-10-16(20(14)18)15(9-1)19(13)17;15-11(16)7-5-3-1-2-4-6(5)8(12(17)18)10(14(21)22)9(7)13(19)20;2*1-2-5-4-6-3-1/h1-12H;1-4H,(H,15,16)(H,17,18)(H,19,20)(H,21,22);2*1-4H. The van der Waals surface area contributed by atoms with Crippen LogP contribution in [-0.4, -0.2) is 64.2 Å². The highest BCUT2D eigenvalue weighted by atomic mass is 16.4. The molecule has 0 aliphatic carbocycles. The van der Waals surface area contributed by atoms with Crippen LogP contribution >= 0.6 is 0 Å².